The summed E-state index contributed by atoms with van der Waals surface area (Å²) in [5, 5.41) is 0. The first-order chi connectivity index (χ1) is 6.44. The number of sulfonamides is 1. The molecule has 0 unspecified atom stereocenters. The lowest BCUT2D eigenvalue weighted by atomic mass is 10.1. The van der Waals surface area contributed by atoms with E-state index in [-0.39, 0.29) is 5.75 Å². The quantitative estimate of drug-likeness (QED) is 0.773. The average molecular weight is 212 g/mol. The summed E-state index contributed by atoms with van der Waals surface area (Å²) in [7, 11) is -3.28. The molecule has 0 aromatic heterocycles. The molecule has 3 nitrogen and oxygen atoms in total. The molecule has 0 fully saturated rings. The van der Waals surface area contributed by atoms with E-state index in [1.165, 1.54) is 0 Å². The number of hydrogen-bond acceptors (Lipinski definition) is 2. The van der Waals surface area contributed by atoms with Gasteiger partial charge in [-0.3, -0.25) is 0 Å². The van der Waals surface area contributed by atoms with E-state index in [1.54, 1.807) is 19.1 Å². The Balaban J connectivity index is 2.94. The lowest BCUT2D eigenvalue weighted by Gasteiger charge is -2.21. The van der Waals surface area contributed by atoms with Crippen LogP contribution in [0.2, 0.25) is 0 Å². The highest BCUT2D eigenvalue weighted by atomic mass is 32.2. The van der Waals surface area contributed by atoms with Crippen LogP contribution >= 0.6 is 0 Å². The van der Waals surface area contributed by atoms with Crippen LogP contribution in [0.5, 0.6) is 0 Å². The van der Waals surface area contributed by atoms with Gasteiger partial charge in [-0.1, -0.05) is 25.1 Å². The Morgan fingerprint density at radius 3 is 2.36 bits per heavy atom. The number of benzene rings is 1. The van der Waals surface area contributed by atoms with Crippen molar-refractivity contribution in [3.63, 3.8) is 0 Å². The highest BCUT2D eigenvalue weighted by molar-refractivity contribution is 7.94. The summed E-state index contributed by atoms with van der Waals surface area (Å²) in [6.07, 6.45) is 0. The third-order valence-electron chi connectivity index (χ3n) is 2.10. The zero-order valence-corrected chi connectivity index (χ0v) is 9.43. The number of rotatable bonds is 3. The fraction of sp³-hybridized carbons (Fsp3) is 0.400. The van der Waals surface area contributed by atoms with Gasteiger partial charge in [0.05, 0.1) is 10.0 Å². The minimum absolute atomic E-state index is 0.0416. The minimum atomic E-state index is -3.28. The molecule has 78 valence electrons. The van der Waals surface area contributed by atoms with Gasteiger partial charge in [0.15, 0.2) is 0 Å². The van der Waals surface area contributed by atoms with Gasteiger partial charge in [0.25, 0.3) is 0 Å². The first-order valence-corrected chi connectivity index (χ1v) is 6.08. The van der Waals surface area contributed by atoms with Crippen LogP contribution in [0.4, 0.5) is 5.69 Å². The van der Waals surface area contributed by atoms with Crippen molar-refractivity contribution in [2.24, 2.45) is 0 Å². The van der Waals surface area contributed by atoms with Crippen molar-refractivity contribution in [2.75, 3.05) is 5.75 Å². The van der Waals surface area contributed by atoms with Gasteiger partial charge < -0.3 is 4.72 Å². The summed E-state index contributed by atoms with van der Waals surface area (Å²) in [4.78, 5) is 0. The summed E-state index contributed by atoms with van der Waals surface area (Å²) in [5.41, 5.74) is 2.70. The zero-order chi connectivity index (χ0) is 10.8. The van der Waals surface area contributed by atoms with Crippen LogP contribution in [0, 0.1) is 13.8 Å². The maximum absolute atomic E-state index is 11.2. The second-order valence-corrected chi connectivity index (χ2v) is 5.15. The van der Waals surface area contributed by atoms with E-state index < -0.39 is 10.0 Å². The molecule has 0 bridgehead atoms. The summed E-state index contributed by atoms with van der Waals surface area (Å²) in [6.45, 7) is 5.50. The molecule has 0 aliphatic heterocycles. The lowest BCUT2D eigenvalue weighted by Crippen LogP contribution is -1.98. The molecule has 4 heteroatoms. The Morgan fingerprint density at radius 1 is 1.21 bits per heavy atom. The molecule has 0 aliphatic carbocycles. The molecule has 0 aliphatic rings. The molecule has 0 N–H and O–H groups in total. The Hall–Kier alpha value is -1.03. The molecule has 0 atom stereocenters. The minimum Gasteiger partial charge on any atom is -0.577 e. The summed E-state index contributed by atoms with van der Waals surface area (Å²) in [6, 6.07) is 5.37. The standard InChI is InChI=1S/C10H14NO2S/c1-4-14(12,13)11-10-6-5-8(2)9(3)7-10/h5-7H,4H2,1-3H3/q-1. The molecule has 0 spiro atoms. The van der Waals surface area contributed by atoms with Crippen LogP contribution in [0.3, 0.4) is 0 Å². The van der Waals surface area contributed by atoms with E-state index >= 15 is 0 Å². The van der Waals surface area contributed by atoms with Crippen LogP contribution in [0.15, 0.2) is 18.2 Å². The molecule has 1 aromatic rings. The SMILES string of the molecule is CCS(=O)(=O)[N-]c1ccc(C)c(C)c1. The third kappa shape index (κ3) is 2.73. The first-order valence-electron chi connectivity index (χ1n) is 4.47. The summed E-state index contributed by atoms with van der Waals surface area (Å²) >= 11 is 0. The van der Waals surface area contributed by atoms with Crippen molar-refractivity contribution in [1.82, 2.24) is 0 Å². The molecular weight excluding hydrogens is 198 g/mol. The van der Waals surface area contributed by atoms with Crippen molar-refractivity contribution in [3.05, 3.63) is 34.0 Å². The van der Waals surface area contributed by atoms with Crippen LogP contribution in [-0.2, 0) is 10.0 Å². The Labute approximate surface area is 85.2 Å². The predicted molar refractivity (Wildman–Crippen MR) is 58.4 cm³/mol. The van der Waals surface area contributed by atoms with Gasteiger partial charge in [-0.05, 0) is 25.0 Å². The van der Waals surface area contributed by atoms with Gasteiger partial charge in [-0.2, -0.15) is 0 Å². The van der Waals surface area contributed by atoms with Crippen LogP contribution in [0.25, 0.3) is 4.72 Å². The predicted octanol–water partition coefficient (Wildman–Crippen LogP) is 2.66. The molecule has 0 saturated carbocycles. The number of nitrogens with zero attached hydrogens (tertiary/aromatic N) is 1. The fourth-order valence-electron chi connectivity index (χ4n) is 1.01. The summed E-state index contributed by atoms with van der Waals surface area (Å²) in [5.74, 6) is 0.0416. The Morgan fingerprint density at radius 2 is 1.86 bits per heavy atom. The third-order valence-corrected chi connectivity index (χ3v) is 3.32. The highest BCUT2D eigenvalue weighted by Crippen LogP contribution is 2.24. The normalized spacial score (nSPS) is 11.4. The molecule has 1 rings (SSSR count). The monoisotopic (exact) mass is 212 g/mol. The van der Waals surface area contributed by atoms with Crippen LogP contribution < -0.4 is 0 Å². The van der Waals surface area contributed by atoms with Crippen molar-refractivity contribution in [3.8, 4) is 0 Å². The van der Waals surface area contributed by atoms with Crippen molar-refractivity contribution in [1.29, 1.82) is 0 Å². The lowest BCUT2D eigenvalue weighted by molar-refractivity contribution is 0.604. The van der Waals surface area contributed by atoms with E-state index in [4.69, 9.17) is 0 Å². The molecule has 0 radical (unpaired) electrons. The maximum atomic E-state index is 11.2. The Kier molecular flexibility index (Phi) is 3.16. The van der Waals surface area contributed by atoms with Gasteiger partial charge in [-0.25, -0.2) is 8.42 Å². The first kappa shape index (κ1) is 11.0. The number of aryl methyl sites for hydroxylation is 2. The van der Waals surface area contributed by atoms with E-state index in [0.717, 1.165) is 11.1 Å². The molecular formula is C10H14NO2S-. The van der Waals surface area contributed by atoms with E-state index in [2.05, 4.69) is 4.72 Å². The van der Waals surface area contributed by atoms with E-state index in [1.807, 2.05) is 19.9 Å². The van der Waals surface area contributed by atoms with Crippen LogP contribution in [-0.4, -0.2) is 14.2 Å². The number of hydrogen-bond donors (Lipinski definition) is 0. The molecule has 0 amide bonds. The second kappa shape index (κ2) is 4.00. The maximum Gasteiger partial charge on any atom is 0.0935 e. The smallest absolute Gasteiger partial charge is 0.0935 e. The van der Waals surface area contributed by atoms with Gasteiger partial charge in [0.1, 0.15) is 0 Å². The van der Waals surface area contributed by atoms with E-state index in [9.17, 15) is 8.42 Å². The molecule has 0 heterocycles. The van der Waals surface area contributed by atoms with Gasteiger partial charge >= 0.3 is 0 Å². The van der Waals surface area contributed by atoms with Crippen LogP contribution in [0.1, 0.15) is 18.1 Å². The van der Waals surface area contributed by atoms with Crippen molar-refractivity contribution < 1.29 is 8.42 Å². The average Bonchev–Trinajstić information content (AvgIpc) is 2.11. The molecule has 1 aromatic carbocycles. The van der Waals surface area contributed by atoms with E-state index in [0.29, 0.717) is 5.69 Å². The van der Waals surface area contributed by atoms with Crippen molar-refractivity contribution >= 4 is 15.7 Å². The zero-order valence-electron chi connectivity index (χ0n) is 8.61. The van der Waals surface area contributed by atoms with Crippen molar-refractivity contribution in [2.45, 2.75) is 20.8 Å². The largest absolute Gasteiger partial charge is 0.577 e. The highest BCUT2D eigenvalue weighted by Gasteiger charge is 1.95. The second-order valence-electron chi connectivity index (χ2n) is 3.23. The Bertz CT molecular complexity index is 424. The van der Waals surface area contributed by atoms with Gasteiger partial charge in [0.2, 0.25) is 0 Å². The summed E-state index contributed by atoms with van der Waals surface area (Å²) < 4.78 is 26.1. The van der Waals surface area contributed by atoms with Gasteiger partial charge in [-0.15, -0.1) is 5.69 Å². The van der Waals surface area contributed by atoms with Gasteiger partial charge in [0, 0.05) is 5.75 Å². The molecule has 14 heavy (non-hydrogen) atoms. The fourth-order valence-corrected chi connectivity index (χ4v) is 1.57. The molecule has 0 saturated heterocycles. The topological polar surface area (TPSA) is 48.2 Å².